The first-order chi connectivity index (χ1) is 11.5. The Hall–Kier alpha value is -2.17. The van der Waals surface area contributed by atoms with Crippen molar-refractivity contribution in [2.75, 3.05) is 25.0 Å². The molecule has 2 atom stereocenters. The van der Waals surface area contributed by atoms with Crippen molar-refractivity contribution < 1.29 is 4.79 Å². The van der Waals surface area contributed by atoms with Crippen LogP contribution in [0.4, 0.5) is 5.69 Å². The third kappa shape index (κ3) is 3.83. The van der Waals surface area contributed by atoms with Gasteiger partial charge >= 0.3 is 0 Å². The maximum atomic E-state index is 12.3. The number of nitrogens with two attached hydrogens (primary N) is 1. The summed E-state index contributed by atoms with van der Waals surface area (Å²) in [5.74, 6) is 0.305. The zero-order chi connectivity index (χ0) is 17.1. The first-order valence-electron chi connectivity index (χ1n) is 8.43. The van der Waals surface area contributed by atoms with Crippen molar-refractivity contribution in [3.8, 4) is 0 Å². The summed E-state index contributed by atoms with van der Waals surface area (Å²) in [7, 11) is 0. The molecule has 3 N–H and O–H groups in total. The molecule has 0 aliphatic carbocycles. The zero-order valence-corrected chi connectivity index (χ0v) is 14.3. The van der Waals surface area contributed by atoms with Gasteiger partial charge in [0, 0.05) is 30.7 Å². The molecule has 2 aromatic carbocycles. The standard InChI is InChI=1S/C20H25N3O/c1-14-8-9-17(10-15(14)2)22-20(24)13-23-11-18(19(21)12-23)16-6-4-3-5-7-16/h3-10,18-19H,11-13,21H2,1-2H3,(H,22,24)/t18-,19+/m0/s1. The van der Waals surface area contributed by atoms with Crippen molar-refractivity contribution in [3.05, 3.63) is 65.2 Å². The van der Waals surface area contributed by atoms with Crippen LogP contribution in [0.2, 0.25) is 0 Å². The minimum absolute atomic E-state index is 0.0131. The number of nitrogens with zero attached hydrogens (tertiary/aromatic N) is 1. The lowest BCUT2D eigenvalue weighted by Gasteiger charge is -2.16. The molecule has 4 heteroatoms. The van der Waals surface area contributed by atoms with Crippen molar-refractivity contribution in [2.24, 2.45) is 5.73 Å². The van der Waals surface area contributed by atoms with Crippen LogP contribution >= 0.6 is 0 Å². The number of benzene rings is 2. The van der Waals surface area contributed by atoms with E-state index in [4.69, 9.17) is 5.73 Å². The van der Waals surface area contributed by atoms with E-state index in [1.54, 1.807) is 0 Å². The zero-order valence-electron chi connectivity index (χ0n) is 14.3. The number of carbonyl (C=O) groups is 1. The first-order valence-corrected chi connectivity index (χ1v) is 8.43. The molecule has 0 radical (unpaired) electrons. The number of anilines is 1. The van der Waals surface area contributed by atoms with Crippen LogP contribution in [0.3, 0.4) is 0 Å². The van der Waals surface area contributed by atoms with Gasteiger partial charge in [-0.1, -0.05) is 36.4 Å². The minimum Gasteiger partial charge on any atom is -0.326 e. The fourth-order valence-corrected chi connectivity index (χ4v) is 3.32. The third-order valence-electron chi connectivity index (χ3n) is 4.83. The normalized spacial score (nSPS) is 21.0. The van der Waals surface area contributed by atoms with Crippen molar-refractivity contribution in [1.82, 2.24) is 4.90 Å². The van der Waals surface area contributed by atoms with Crippen LogP contribution < -0.4 is 11.1 Å². The average molecular weight is 323 g/mol. The summed E-state index contributed by atoms with van der Waals surface area (Å²) in [4.78, 5) is 14.5. The monoisotopic (exact) mass is 323 g/mol. The van der Waals surface area contributed by atoms with Crippen LogP contribution in [0.5, 0.6) is 0 Å². The van der Waals surface area contributed by atoms with Gasteiger partial charge < -0.3 is 11.1 Å². The van der Waals surface area contributed by atoms with Gasteiger partial charge in [0.1, 0.15) is 0 Å². The van der Waals surface area contributed by atoms with Crippen LogP contribution in [-0.2, 0) is 4.79 Å². The lowest BCUT2D eigenvalue weighted by molar-refractivity contribution is -0.117. The molecular weight excluding hydrogens is 298 g/mol. The summed E-state index contributed by atoms with van der Waals surface area (Å²) in [5.41, 5.74) is 10.8. The van der Waals surface area contributed by atoms with E-state index in [1.165, 1.54) is 16.7 Å². The lowest BCUT2D eigenvalue weighted by atomic mass is 9.95. The molecule has 4 nitrogen and oxygen atoms in total. The van der Waals surface area contributed by atoms with Crippen molar-refractivity contribution >= 4 is 11.6 Å². The molecular formula is C20H25N3O. The van der Waals surface area contributed by atoms with Crippen LogP contribution in [0.25, 0.3) is 0 Å². The Morgan fingerprint density at radius 1 is 1.12 bits per heavy atom. The van der Waals surface area contributed by atoms with Gasteiger partial charge in [-0.2, -0.15) is 0 Å². The third-order valence-corrected chi connectivity index (χ3v) is 4.83. The van der Waals surface area contributed by atoms with Gasteiger partial charge in [0.25, 0.3) is 0 Å². The highest BCUT2D eigenvalue weighted by Gasteiger charge is 2.31. The van der Waals surface area contributed by atoms with Crippen LogP contribution in [0.1, 0.15) is 22.6 Å². The molecule has 0 saturated carbocycles. The van der Waals surface area contributed by atoms with E-state index >= 15 is 0 Å². The highest BCUT2D eigenvalue weighted by Crippen LogP contribution is 2.26. The molecule has 2 aromatic rings. The second kappa shape index (κ2) is 7.16. The fourth-order valence-electron chi connectivity index (χ4n) is 3.32. The first kappa shape index (κ1) is 16.7. The van der Waals surface area contributed by atoms with Gasteiger partial charge in [0.05, 0.1) is 6.54 Å². The molecule has 24 heavy (non-hydrogen) atoms. The minimum atomic E-state index is 0.0131. The highest BCUT2D eigenvalue weighted by molar-refractivity contribution is 5.92. The van der Waals surface area contributed by atoms with E-state index < -0.39 is 0 Å². The molecule has 1 aliphatic rings. The Bertz CT molecular complexity index is 714. The maximum Gasteiger partial charge on any atom is 0.238 e. The number of nitrogens with one attached hydrogen (secondary N) is 1. The average Bonchev–Trinajstić information content (AvgIpc) is 2.92. The van der Waals surface area contributed by atoms with Gasteiger partial charge in [-0.15, -0.1) is 0 Å². The number of likely N-dealkylation sites (tertiary alicyclic amines) is 1. The fraction of sp³-hybridized carbons (Fsp3) is 0.350. The van der Waals surface area contributed by atoms with E-state index in [0.29, 0.717) is 12.5 Å². The van der Waals surface area contributed by atoms with Crippen molar-refractivity contribution in [2.45, 2.75) is 25.8 Å². The summed E-state index contributed by atoms with van der Waals surface area (Å²) < 4.78 is 0. The predicted molar refractivity (Wildman–Crippen MR) is 98.1 cm³/mol. The Balaban J connectivity index is 1.58. The number of hydrogen-bond donors (Lipinski definition) is 2. The Morgan fingerprint density at radius 3 is 2.58 bits per heavy atom. The summed E-state index contributed by atoms with van der Waals surface area (Å²) in [6, 6.07) is 16.4. The van der Waals surface area contributed by atoms with E-state index in [9.17, 15) is 4.79 Å². The largest absolute Gasteiger partial charge is 0.326 e. The Morgan fingerprint density at radius 2 is 1.88 bits per heavy atom. The van der Waals surface area contributed by atoms with E-state index in [2.05, 4.69) is 36.2 Å². The number of aryl methyl sites for hydroxylation is 2. The number of carbonyl (C=O) groups excluding carboxylic acids is 1. The molecule has 1 aliphatic heterocycles. The summed E-state index contributed by atoms with van der Waals surface area (Å²) >= 11 is 0. The second-order valence-electron chi connectivity index (χ2n) is 6.72. The Labute approximate surface area is 143 Å². The molecule has 126 valence electrons. The van der Waals surface area contributed by atoms with E-state index in [1.807, 2.05) is 36.4 Å². The van der Waals surface area contributed by atoms with Crippen molar-refractivity contribution in [3.63, 3.8) is 0 Å². The van der Waals surface area contributed by atoms with Crippen LogP contribution in [0, 0.1) is 13.8 Å². The molecule has 1 amide bonds. The molecule has 0 spiro atoms. The quantitative estimate of drug-likeness (QED) is 0.909. The van der Waals surface area contributed by atoms with Gasteiger partial charge in [-0.3, -0.25) is 9.69 Å². The Kier molecular flexibility index (Phi) is 4.97. The van der Waals surface area contributed by atoms with Gasteiger partial charge in [0.15, 0.2) is 0 Å². The molecule has 0 bridgehead atoms. The van der Waals surface area contributed by atoms with E-state index in [-0.39, 0.29) is 11.9 Å². The molecule has 1 heterocycles. The van der Waals surface area contributed by atoms with Crippen LogP contribution in [-0.4, -0.2) is 36.5 Å². The van der Waals surface area contributed by atoms with Gasteiger partial charge in [-0.25, -0.2) is 0 Å². The molecule has 1 saturated heterocycles. The highest BCUT2D eigenvalue weighted by atomic mass is 16.2. The predicted octanol–water partition coefficient (Wildman–Crippen LogP) is 2.67. The SMILES string of the molecule is Cc1ccc(NC(=O)CN2C[C@@H](N)[C@H](c3ccccc3)C2)cc1C. The maximum absolute atomic E-state index is 12.3. The number of rotatable bonds is 4. The number of hydrogen-bond acceptors (Lipinski definition) is 3. The summed E-state index contributed by atoms with van der Waals surface area (Å²) in [6.07, 6.45) is 0. The summed E-state index contributed by atoms with van der Waals surface area (Å²) in [5, 5.41) is 2.98. The van der Waals surface area contributed by atoms with Gasteiger partial charge in [0.2, 0.25) is 5.91 Å². The molecule has 3 rings (SSSR count). The van der Waals surface area contributed by atoms with Crippen LogP contribution in [0.15, 0.2) is 48.5 Å². The smallest absolute Gasteiger partial charge is 0.238 e. The summed E-state index contributed by atoms with van der Waals surface area (Å²) in [6.45, 7) is 6.07. The van der Waals surface area contributed by atoms with Crippen molar-refractivity contribution in [1.29, 1.82) is 0 Å². The lowest BCUT2D eigenvalue weighted by Crippen LogP contribution is -2.33. The second-order valence-corrected chi connectivity index (χ2v) is 6.72. The molecule has 1 fully saturated rings. The molecule has 0 aromatic heterocycles. The molecule has 0 unspecified atom stereocenters. The number of amides is 1. The van der Waals surface area contributed by atoms with E-state index in [0.717, 1.165) is 18.8 Å². The topological polar surface area (TPSA) is 58.4 Å². The van der Waals surface area contributed by atoms with Gasteiger partial charge in [-0.05, 0) is 42.7 Å².